The minimum atomic E-state index is -1.13. The van der Waals surface area contributed by atoms with Gasteiger partial charge in [0.25, 0.3) is 5.91 Å². The largest absolute Gasteiger partial charge is 0.480 e. The zero-order valence-electron chi connectivity index (χ0n) is 10.4. The summed E-state index contributed by atoms with van der Waals surface area (Å²) in [5.74, 6) is -2.52. The van der Waals surface area contributed by atoms with Crippen molar-refractivity contribution in [1.82, 2.24) is 5.32 Å². The van der Waals surface area contributed by atoms with E-state index in [-0.39, 0.29) is 12.0 Å². The topological polar surface area (TPSA) is 66.4 Å². The van der Waals surface area contributed by atoms with E-state index in [0.29, 0.717) is 12.8 Å². The van der Waals surface area contributed by atoms with Gasteiger partial charge in [0.05, 0.1) is 5.56 Å². The number of halogens is 1. The van der Waals surface area contributed by atoms with E-state index in [1.54, 1.807) is 6.08 Å². The van der Waals surface area contributed by atoms with Crippen molar-refractivity contribution >= 4 is 11.9 Å². The zero-order chi connectivity index (χ0) is 14.3. The minimum absolute atomic E-state index is 0.155. The molecule has 4 nitrogen and oxygen atoms in total. The summed E-state index contributed by atoms with van der Waals surface area (Å²) in [7, 11) is 0. The van der Waals surface area contributed by atoms with Crippen LogP contribution in [0.1, 0.15) is 29.6 Å². The summed E-state index contributed by atoms with van der Waals surface area (Å²) in [6.07, 6.45) is 3.22. The van der Waals surface area contributed by atoms with Crippen molar-refractivity contribution in [2.75, 3.05) is 0 Å². The van der Waals surface area contributed by atoms with Crippen LogP contribution >= 0.6 is 0 Å². The number of allylic oxidation sites excluding steroid dienone is 1. The number of hydrogen-bond acceptors (Lipinski definition) is 2. The van der Waals surface area contributed by atoms with Crippen molar-refractivity contribution in [3.05, 3.63) is 48.3 Å². The number of rotatable bonds is 7. The molecule has 102 valence electrons. The number of carboxylic acid groups (broad SMARTS) is 1. The molecule has 0 aliphatic rings. The molecule has 0 aliphatic carbocycles. The van der Waals surface area contributed by atoms with E-state index in [0.717, 1.165) is 6.07 Å². The Labute approximate surface area is 110 Å². The number of unbranched alkanes of at least 4 members (excludes halogenated alkanes) is 1. The molecule has 0 unspecified atom stereocenters. The molecule has 0 saturated heterocycles. The Morgan fingerprint density at radius 1 is 1.42 bits per heavy atom. The quantitative estimate of drug-likeness (QED) is 0.587. The molecule has 1 aromatic carbocycles. The average Bonchev–Trinajstić information content (AvgIpc) is 2.38. The normalized spacial score (nSPS) is 11.6. The smallest absolute Gasteiger partial charge is 0.326 e. The molecule has 0 spiro atoms. The summed E-state index contributed by atoms with van der Waals surface area (Å²) in [5.41, 5.74) is -0.155. The molecule has 2 N–H and O–H groups in total. The van der Waals surface area contributed by atoms with Crippen molar-refractivity contribution in [2.24, 2.45) is 0 Å². The Balaban J connectivity index is 2.69. The van der Waals surface area contributed by atoms with E-state index in [2.05, 4.69) is 11.9 Å². The molecule has 1 rings (SSSR count). The van der Waals surface area contributed by atoms with Crippen LogP contribution in [0.4, 0.5) is 4.39 Å². The van der Waals surface area contributed by atoms with Gasteiger partial charge in [0.15, 0.2) is 0 Å². The lowest BCUT2D eigenvalue weighted by molar-refractivity contribution is -0.139. The minimum Gasteiger partial charge on any atom is -0.480 e. The third-order valence-electron chi connectivity index (χ3n) is 2.62. The van der Waals surface area contributed by atoms with Gasteiger partial charge in [-0.25, -0.2) is 9.18 Å². The molecule has 0 bridgehead atoms. The van der Waals surface area contributed by atoms with Crippen LogP contribution in [0, 0.1) is 5.82 Å². The number of hydrogen-bond donors (Lipinski definition) is 2. The molecular weight excluding hydrogens is 249 g/mol. The van der Waals surface area contributed by atoms with E-state index in [1.807, 2.05) is 0 Å². The summed E-state index contributed by atoms with van der Waals surface area (Å²) in [6.45, 7) is 3.54. The third kappa shape index (κ3) is 4.54. The number of carboxylic acids is 1. The summed E-state index contributed by atoms with van der Waals surface area (Å²) in [6, 6.07) is 4.43. The molecule has 0 fully saturated rings. The van der Waals surface area contributed by atoms with Crippen molar-refractivity contribution < 1.29 is 19.1 Å². The molecule has 0 aromatic heterocycles. The van der Waals surface area contributed by atoms with Gasteiger partial charge in [0, 0.05) is 0 Å². The fourth-order valence-corrected chi connectivity index (χ4v) is 1.61. The van der Waals surface area contributed by atoms with Crippen LogP contribution in [0.25, 0.3) is 0 Å². The second-order valence-electron chi connectivity index (χ2n) is 4.06. The number of benzene rings is 1. The summed E-state index contributed by atoms with van der Waals surface area (Å²) >= 11 is 0. The van der Waals surface area contributed by atoms with Crippen LogP contribution in [-0.2, 0) is 4.79 Å². The molecule has 1 amide bonds. The fraction of sp³-hybridized carbons (Fsp3) is 0.286. The highest BCUT2D eigenvalue weighted by atomic mass is 19.1. The van der Waals surface area contributed by atoms with Gasteiger partial charge in [-0.15, -0.1) is 6.58 Å². The lowest BCUT2D eigenvalue weighted by Gasteiger charge is -2.14. The van der Waals surface area contributed by atoms with Gasteiger partial charge >= 0.3 is 5.97 Å². The number of carbonyl (C=O) groups is 2. The maximum Gasteiger partial charge on any atom is 0.326 e. The summed E-state index contributed by atoms with van der Waals surface area (Å²) in [4.78, 5) is 22.8. The standard InChI is InChI=1S/C14H16FNO3/c1-2-3-4-9-12(14(18)19)16-13(17)10-7-5-6-8-11(10)15/h2,5-8,12H,1,3-4,9H2,(H,16,17)(H,18,19)/t12-/m0/s1. The van der Waals surface area contributed by atoms with Gasteiger partial charge in [-0.3, -0.25) is 4.79 Å². The first-order valence-electron chi connectivity index (χ1n) is 5.95. The maximum absolute atomic E-state index is 13.4. The van der Waals surface area contributed by atoms with E-state index in [1.165, 1.54) is 18.2 Å². The van der Waals surface area contributed by atoms with Crippen LogP contribution in [0.3, 0.4) is 0 Å². The highest BCUT2D eigenvalue weighted by Gasteiger charge is 2.21. The Bertz CT molecular complexity index is 474. The first kappa shape index (κ1) is 14.9. The summed E-state index contributed by atoms with van der Waals surface area (Å²) in [5, 5.41) is 11.3. The van der Waals surface area contributed by atoms with Gasteiger partial charge < -0.3 is 10.4 Å². The Hall–Kier alpha value is -2.17. The van der Waals surface area contributed by atoms with Crippen LogP contribution in [-0.4, -0.2) is 23.0 Å². The second kappa shape index (κ2) is 7.31. The third-order valence-corrected chi connectivity index (χ3v) is 2.62. The molecule has 0 heterocycles. The fourth-order valence-electron chi connectivity index (χ4n) is 1.61. The average molecular weight is 265 g/mol. The number of nitrogens with one attached hydrogen (secondary N) is 1. The highest BCUT2D eigenvalue weighted by molar-refractivity contribution is 5.96. The van der Waals surface area contributed by atoms with E-state index in [4.69, 9.17) is 5.11 Å². The van der Waals surface area contributed by atoms with Gasteiger partial charge in [0.1, 0.15) is 11.9 Å². The lowest BCUT2D eigenvalue weighted by Crippen LogP contribution is -2.41. The van der Waals surface area contributed by atoms with Gasteiger partial charge in [-0.1, -0.05) is 18.2 Å². The van der Waals surface area contributed by atoms with Gasteiger partial charge in [-0.05, 0) is 31.4 Å². The predicted molar refractivity (Wildman–Crippen MR) is 69.3 cm³/mol. The molecule has 1 atom stereocenters. The van der Waals surface area contributed by atoms with E-state index < -0.39 is 23.7 Å². The lowest BCUT2D eigenvalue weighted by atomic mass is 10.1. The zero-order valence-corrected chi connectivity index (χ0v) is 10.4. The van der Waals surface area contributed by atoms with Crippen LogP contribution in [0.15, 0.2) is 36.9 Å². The highest BCUT2D eigenvalue weighted by Crippen LogP contribution is 2.08. The Morgan fingerprint density at radius 2 is 2.11 bits per heavy atom. The van der Waals surface area contributed by atoms with E-state index in [9.17, 15) is 14.0 Å². The Morgan fingerprint density at radius 3 is 2.68 bits per heavy atom. The van der Waals surface area contributed by atoms with Gasteiger partial charge in [-0.2, -0.15) is 0 Å². The monoisotopic (exact) mass is 265 g/mol. The van der Waals surface area contributed by atoms with Crippen LogP contribution in [0.2, 0.25) is 0 Å². The van der Waals surface area contributed by atoms with Gasteiger partial charge in [0.2, 0.25) is 0 Å². The first-order valence-corrected chi connectivity index (χ1v) is 5.95. The molecule has 0 saturated carbocycles. The Kier molecular flexibility index (Phi) is 5.73. The molecule has 0 aliphatic heterocycles. The number of amides is 1. The molecule has 19 heavy (non-hydrogen) atoms. The molecule has 1 aromatic rings. The summed E-state index contributed by atoms with van der Waals surface area (Å²) < 4.78 is 13.4. The molecule has 0 radical (unpaired) electrons. The number of aliphatic carboxylic acids is 1. The second-order valence-corrected chi connectivity index (χ2v) is 4.06. The van der Waals surface area contributed by atoms with Crippen molar-refractivity contribution in [1.29, 1.82) is 0 Å². The first-order chi connectivity index (χ1) is 9.06. The van der Waals surface area contributed by atoms with Crippen molar-refractivity contribution in [3.63, 3.8) is 0 Å². The number of carbonyl (C=O) groups excluding carboxylic acids is 1. The van der Waals surface area contributed by atoms with Crippen molar-refractivity contribution in [3.8, 4) is 0 Å². The predicted octanol–water partition coefficient (Wildman–Crippen LogP) is 2.37. The van der Waals surface area contributed by atoms with E-state index >= 15 is 0 Å². The van der Waals surface area contributed by atoms with Crippen LogP contribution < -0.4 is 5.32 Å². The van der Waals surface area contributed by atoms with Crippen LogP contribution in [0.5, 0.6) is 0 Å². The van der Waals surface area contributed by atoms with Crippen molar-refractivity contribution in [2.45, 2.75) is 25.3 Å². The molecule has 5 heteroatoms. The molecular formula is C14H16FNO3. The SMILES string of the molecule is C=CCCC[C@H](NC(=O)c1ccccc1F)C(=O)O. The maximum atomic E-state index is 13.4.